The summed E-state index contributed by atoms with van der Waals surface area (Å²) in [6.45, 7) is -0.196. The standard InChI is InChI=1S/C18H18Cl2N4O2S/c19-11-2-1-10(13(20)8-11)7-12(9-25)23-17(26)16-4-3-15(27-16)14-5-6-22-18(21)24-14/h1-6,11-12,25H,7-9H2,(H,23,26)(H2,21,22,24)/t11?,12-/m0/s1. The van der Waals surface area contributed by atoms with Crippen LogP contribution in [0.5, 0.6) is 0 Å². The molecule has 4 N–H and O–H groups in total. The lowest BCUT2D eigenvalue weighted by atomic mass is 10.00. The molecule has 1 aliphatic carbocycles. The minimum Gasteiger partial charge on any atom is -0.394 e. The van der Waals surface area contributed by atoms with Crippen molar-refractivity contribution in [1.29, 1.82) is 0 Å². The number of allylic oxidation sites excluding steroid dienone is 3. The van der Waals surface area contributed by atoms with Gasteiger partial charge in [0.25, 0.3) is 5.91 Å². The molecule has 0 saturated heterocycles. The molecule has 1 amide bonds. The molecule has 0 aromatic carbocycles. The molecular weight excluding hydrogens is 407 g/mol. The molecule has 0 bridgehead atoms. The van der Waals surface area contributed by atoms with Crippen molar-refractivity contribution < 1.29 is 9.90 Å². The summed E-state index contributed by atoms with van der Waals surface area (Å²) in [7, 11) is 0. The number of carbonyl (C=O) groups is 1. The SMILES string of the molecule is Nc1nccc(-c2ccc(C(=O)N[C@H](CO)CC3=C(Cl)CC(Cl)C=C3)s2)n1. The van der Waals surface area contributed by atoms with Crippen molar-refractivity contribution in [3.8, 4) is 10.6 Å². The Morgan fingerprint density at radius 1 is 1.44 bits per heavy atom. The van der Waals surface area contributed by atoms with Crippen LogP contribution in [0.3, 0.4) is 0 Å². The second-order valence-corrected chi connectivity index (χ2v) is 8.13. The summed E-state index contributed by atoms with van der Waals surface area (Å²) >= 11 is 13.6. The first-order valence-electron chi connectivity index (χ1n) is 8.26. The van der Waals surface area contributed by atoms with E-state index in [0.717, 1.165) is 10.5 Å². The number of nitrogens with two attached hydrogens (primary N) is 1. The van der Waals surface area contributed by atoms with Crippen LogP contribution in [-0.4, -0.2) is 39.0 Å². The highest BCUT2D eigenvalue weighted by Gasteiger charge is 2.20. The number of aromatic nitrogens is 2. The Balaban J connectivity index is 1.67. The zero-order valence-corrected chi connectivity index (χ0v) is 16.6. The van der Waals surface area contributed by atoms with Crippen molar-refractivity contribution in [3.05, 3.63) is 52.0 Å². The molecule has 0 fully saturated rings. The molecule has 2 atom stereocenters. The second kappa shape index (κ2) is 8.84. The average Bonchev–Trinajstić information content (AvgIpc) is 3.13. The molecule has 0 aliphatic heterocycles. The highest BCUT2D eigenvalue weighted by atomic mass is 35.5. The van der Waals surface area contributed by atoms with Gasteiger partial charge in [-0.1, -0.05) is 23.8 Å². The van der Waals surface area contributed by atoms with Gasteiger partial charge >= 0.3 is 0 Å². The van der Waals surface area contributed by atoms with Gasteiger partial charge in [-0.25, -0.2) is 9.97 Å². The number of aliphatic hydroxyl groups is 1. The van der Waals surface area contributed by atoms with E-state index in [4.69, 9.17) is 28.9 Å². The van der Waals surface area contributed by atoms with Crippen molar-refractivity contribution in [2.45, 2.75) is 24.3 Å². The van der Waals surface area contributed by atoms with Crippen molar-refractivity contribution in [2.24, 2.45) is 0 Å². The predicted molar refractivity (Wildman–Crippen MR) is 109 cm³/mol. The molecular formula is C18H18Cl2N4O2S. The van der Waals surface area contributed by atoms with Gasteiger partial charge in [0.05, 0.1) is 33.5 Å². The van der Waals surface area contributed by atoms with E-state index >= 15 is 0 Å². The monoisotopic (exact) mass is 424 g/mol. The van der Waals surface area contributed by atoms with E-state index in [0.29, 0.717) is 28.4 Å². The molecule has 1 unspecified atom stereocenters. The van der Waals surface area contributed by atoms with Crippen LogP contribution in [0.15, 0.2) is 47.2 Å². The molecule has 9 heteroatoms. The molecule has 3 rings (SSSR count). The van der Waals surface area contributed by atoms with E-state index in [1.54, 1.807) is 24.4 Å². The number of carbonyl (C=O) groups excluding carboxylic acids is 1. The lowest BCUT2D eigenvalue weighted by molar-refractivity contribution is 0.0921. The molecule has 0 radical (unpaired) electrons. The summed E-state index contributed by atoms with van der Waals surface area (Å²) in [4.78, 5) is 21.9. The summed E-state index contributed by atoms with van der Waals surface area (Å²) in [6.07, 6.45) is 6.26. The number of hydrogen-bond donors (Lipinski definition) is 3. The maximum absolute atomic E-state index is 12.5. The Hall–Kier alpha value is -1.93. The van der Waals surface area contributed by atoms with Crippen LogP contribution in [0.25, 0.3) is 10.6 Å². The third-order valence-corrected chi connectivity index (χ3v) is 5.81. The number of amides is 1. The van der Waals surface area contributed by atoms with Crippen LogP contribution in [-0.2, 0) is 0 Å². The van der Waals surface area contributed by atoms with Crippen molar-refractivity contribution in [3.63, 3.8) is 0 Å². The van der Waals surface area contributed by atoms with Gasteiger partial charge in [0, 0.05) is 17.6 Å². The lowest BCUT2D eigenvalue weighted by Crippen LogP contribution is -2.37. The van der Waals surface area contributed by atoms with E-state index in [9.17, 15) is 9.90 Å². The molecule has 0 saturated carbocycles. The molecule has 6 nitrogen and oxygen atoms in total. The maximum atomic E-state index is 12.5. The van der Waals surface area contributed by atoms with Crippen LogP contribution in [0, 0.1) is 0 Å². The van der Waals surface area contributed by atoms with Gasteiger partial charge in [-0.05, 0) is 30.2 Å². The number of halogens is 2. The fourth-order valence-corrected chi connectivity index (χ4v) is 4.14. The topological polar surface area (TPSA) is 101 Å². The van der Waals surface area contributed by atoms with E-state index in [1.165, 1.54) is 11.3 Å². The number of nitrogen functional groups attached to an aromatic ring is 1. The molecule has 142 valence electrons. The summed E-state index contributed by atoms with van der Waals surface area (Å²) in [5.74, 6) is -0.0869. The van der Waals surface area contributed by atoms with Crippen molar-refractivity contribution in [1.82, 2.24) is 15.3 Å². The molecule has 2 heterocycles. The first-order valence-corrected chi connectivity index (χ1v) is 9.89. The summed E-state index contributed by atoms with van der Waals surface area (Å²) < 4.78 is 0. The predicted octanol–water partition coefficient (Wildman–Crippen LogP) is 3.33. The fraction of sp³-hybridized carbons (Fsp3) is 0.278. The van der Waals surface area contributed by atoms with Gasteiger partial charge in [-0.3, -0.25) is 4.79 Å². The Morgan fingerprint density at radius 2 is 2.26 bits per heavy atom. The molecule has 27 heavy (non-hydrogen) atoms. The molecule has 1 aliphatic rings. The normalized spacial score (nSPS) is 17.8. The van der Waals surface area contributed by atoms with Gasteiger partial charge in [-0.2, -0.15) is 0 Å². The minimum absolute atomic E-state index is 0.121. The highest BCUT2D eigenvalue weighted by Crippen LogP contribution is 2.29. The lowest BCUT2D eigenvalue weighted by Gasteiger charge is -2.20. The summed E-state index contributed by atoms with van der Waals surface area (Å²) in [5, 5.41) is 13.0. The maximum Gasteiger partial charge on any atom is 0.261 e. The first kappa shape index (κ1) is 19.8. The number of alkyl halides is 1. The Kier molecular flexibility index (Phi) is 6.49. The second-order valence-electron chi connectivity index (χ2n) is 6.03. The smallest absolute Gasteiger partial charge is 0.261 e. The molecule has 0 spiro atoms. The van der Waals surface area contributed by atoms with Crippen LogP contribution >= 0.6 is 34.5 Å². The number of nitrogens with one attached hydrogen (secondary N) is 1. The van der Waals surface area contributed by atoms with Gasteiger partial charge in [0.15, 0.2) is 0 Å². The average molecular weight is 425 g/mol. The third-order valence-electron chi connectivity index (χ3n) is 4.01. The minimum atomic E-state index is -0.446. The Bertz CT molecular complexity index is 897. The van der Waals surface area contributed by atoms with E-state index in [-0.39, 0.29) is 23.8 Å². The number of aliphatic hydroxyl groups excluding tert-OH is 1. The Morgan fingerprint density at radius 3 is 2.96 bits per heavy atom. The number of thiophene rings is 1. The van der Waals surface area contributed by atoms with Gasteiger partial charge in [0.1, 0.15) is 0 Å². The van der Waals surface area contributed by atoms with Crippen LogP contribution in [0.1, 0.15) is 22.5 Å². The van der Waals surface area contributed by atoms with Gasteiger partial charge < -0.3 is 16.2 Å². The molecule has 2 aromatic heterocycles. The number of hydrogen-bond acceptors (Lipinski definition) is 6. The third kappa shape index (κ3) is 5.07. The fourth-order valence-electron chi connectivity index (χ4n) is 2.65. The van der Waals surface area contributed by atoms with Gasteiger partial charge in [-0.15, -0.1) is 22.9 Å². The Labute approximate surface area is 170 Å². The van der Waals surface area contributed by atoms with E-state index in [2.05, 4.69) is 15.3 Å². The first-order chi connectivity index (χ1) is 13.0. The van der Waals surface area contributed by atoms with Crippen molar-refractivity contribution in [2.75, 3.05) is 12.3 Å². The summed E-state index contributed by atoms with van der Waals surface area (Å²) in [6, 6.07) is 4.80. The number of nitrogens with zero attached hydrogens (tertiary/aromatic N) is 2. The van der Waals surface area contributed by atoms with E-state index in [1.807, 2.05) is 12.2 Å². The molecule has 2 aromatic rings. The largest absolute Gasteiger partial charge is 0.394 e. The number of rotatable bonds is 6. The zero-order chi connectivity index (χ0) is 19.4. The van der Waals surface area contributed by atoms with E-state index < -0.39 is 6.04 Å². The summed E-state index contributed by atoms with van der Waals surface area (Å²) in [5.41, 5.74) is 7.13. The van der Waals surface area contributed by atoms with Crippen LogP contribution in [0.2, 0.25) is 0 Å². The van der Waals surface area contributed by atoms with Crippen LogP contribution in [0.4, 0.5) is 5.95 Å². The number of anilines is 1. The van der Waals surface area contributed by atoms with Gasteiger partial charge in [0.2, 0.25) is 5.95 Å². The van der Waals surface area contributed by atoms with Crippen LogP contribution < -0.4 is 11.1 Å². The zero-order valence-electron chi connectivity index (χ0n) is 14.2. The van der Waals surface area contributed by atoms with Crippen molar-refractivity contribution >= 4 is 46.4 Å². The highest BCUT2D eigenvalue weighted by molar-refractivity contribution is 7.17. The quantitative estimate of drug-likeness (QED) is 0.617.